The van der Waals surface area contributed by atoms with E-state index in [4.69, 9.17) is 0 Å². The molecule has 0 aromatic heterocycles. The maximum atomic E-state index is 9.90. The molecule has 0 amide bonds. The molecule has 0 heterocycles. The van der Waals surface area contributed by atoms with Crippen LogP contribution in [0, 0.1) is 6.92 Å². The molecule has 1 heteroatoms. The largest absolute Gasteiger partial charge is 0.392 e. The highest BCUT2D eigenvalue weighted by molar-refractivity contribution is 5.31. The molecule has 2 atom stereocenters. The Bertz CT molecular complexity index is 341. The summed E-state index contributed by atoms with van der Waals surface area (Å²) in [6.45, 7) is 2.11. The van der Waals surface area contributed by atoms with Crippen LogP contribution in [0.4, 0.5) is 0 Å². The fraction of sp³-hybridized carbons (Fsp3) is 0.385. The fourth-order valence-corrected chi connectivity index (χ4v) is 2.14. The zero-order valence-corrected chi connectivity index (χ0v) is 8.48. The first-order valence-electron chi connectivity index (χ1n) is 5.17. The van der Waals surface area contributed by atoms with Gasteiger partial charge in [-0.1, -0.05) is 36.4 Å². The minimum Gasteiger partial charge on any atom is -0.392 e. The van der Waals surface area contributed by atoms with Crippen LogP contribution in [-0.4, -0.2) is 11.2 Å². The molecular weight excluding hydrogens is 172 g/mol. The highest BCUT2D eigenvalue weighted by Crippen LogP contribution is 2.31. The Morgan fingerprint density at radius 3 is 2.57 bits per heavy atom. The number of aryl methyl sites for hydroxylation is 1. The summed E-state index contributed by atoms with van der Waals surface area (Å²) in [7, 11) is 0. The second-order valence-corrected chi connectivity index (χ2v) is 3.97. The van der Waals surface area contributed by atoms with Gasteiger partial charge in [0.25, 0.3) is 0 Å². The maximum absolute atomic E-state index is 9.90. The molecule has 14 heavy (non-hydrogen) atoms. The monoisotopic (exact) mass is 188 g/mol. The molecule has 1 aromatic carbocycles. The molecule has 0 saturated heterocycles. The van der Waals surface area contributed by atoms with Crippen molar-refractivity contribution < 1.29 is 5.11 Å². The van der Waals surface area contributed by atoms with Gasteiger partial charge in [-0.3, -0.25) is 0 Å². The number of rotatable bonds is 1. The minimum atomic E-state index is -0.207. The van der Waals surface area contributed by atoms with Crippen LogP contribution in [0.25, 0.3) is 0 Å². The lowest BCUT2D eigenvalue weighted by molar-refractivity contribution is 0.141. The van der Waals surface area contributed by atoms with Crippen molar-refractivity contribution in [1.82, 2.24) is 0 Å². The van der Waals surface area contributed by atoms with Gasteiger partial charge < -0.3 is 5.11 Å². The highest BCUT2D eigenvalue weighted by Gasteiger charge is 2.22. The highest BCUT2D eigenvalue weighted by atomic mass is 16.3. The van der Waals surface area contributed by atoms with E-state index in [1.54, 1.807) is 0 Å². The van der Waals surface area contributed by atoms with Crippen LogP contribution >= 0.6 is 0 Å². The molecule has 74 valence electrons. The number of aliphatic hydroxyl groups is 1. The molecule has 1 unspecified atom stereocenters. The van der Waals surface area contributed by atoms with E-state index in [0.717, 1.165) is 12.8 Å². The molecular formula is C13H16O. The predicted molar refractivity (Wildman–Crippen MR) is 58.3 cm³/mol. The molecule has 1 N–H and O–H groups in total. The van der Waals surface area contributed by atoms with Crippen molar-refractivity contribution in [3.05, 3.63) is 47.5 Å². The van der Waals surface area contributed by atoms with E-state index < -0.39 is 0 Å². The van der Waals surface area contributed by atoms with Crippen molar-refractivity contribution in [2.45, 2.75) is 31.8 Å². The summed E-state index contributed by atoms with van der Waals surface area (Å²) in [5.74, 6) is 0.293. The molecule has 0 saturated carbocycles. The van der Waals surface area contributed by atoms with Gasteiger partial charge in [0.05, 0.1) is 6.10 Å². The summed E-state index contributed by atoms with van der Waals surface area (Å²) < 4.78 is 0. The Kier molecular flexibility index (Phi) is 2.69. The number of aliphatic hydroxyl groups excluding tert-OH is 1. The Labute approximate surface area is 85.1 Å². The van der Waals surface area contributed by atoms with Crippen molar-refractivity contribution in [2.75, 3.05) is 0 Å². The molecule has 0 aliphatic heterocycles. The topological polar surface area (TPSA) is 20.2 Å². The molecule has 1 nitrogen and oxygen atoms in total. The van der Waals surface area contributed by atoms with E-state index in [-0.39, 0.29) is 6.10 Å². The molecule has 1 aliphatic carbocycles. The van der Waals surface area contributed by atoms with Crippen LogP contribution < -0.4 is 0 Å². The molecule has 1 aromatic rings. The van der Waals surface area contributed by atoms with E-state index in [9.17, 15) is 5.11 Å². The number of benzene rings is 1. The molecule has 0 radical (unpaired) electrons. The van der Waals surface area contributed by atoms with Crippen LogP contribution in [0.2, 0.25) is 0 Å². The van der Waals surface area contributed by atoms with Gasteiger partial charge in [0.2, 0.25) is 0 Å². The van der Waals surface area contributed by atoms with Crippen LogP contribution in [0.5, 0.6) is 0 Å². The summed E-state index contributed by atoms with van der Waals surface area (Å²) in [5.41, 5.74) is 2.58. The Balaban J connectivity index is 2.30. The Hall–Kier alpha value is -1.08. The first kappa shape index (κ1) is 9.47. The molecule has 0 spiro atoms. The van der Waals surface area contributed by atoms with E-state index in [0.29, 0.717) is 5.92 Å². The summed E-state index contributed by atoms with van der Waals surface area (Å²) in [4.78, 5) is 0. The lowest BCUT2D eigenvalue weighted by Crippen LogP contribution is -2.20. The van der Waals surface area contributed by atoms with Gasteiger partial charge in [-0.15, -0.1) is 0 Å². The van der Waals surface area contributed by atoms with E-state index in [1.165, 1.54) is 11.1 Å². The van der Waals surface area contributed by atoms with Crippen molar-refractivity contribution in [2.24, 2.45) is 0 Å². The Morgan fingerprint density at radius 2 is 1.86 bits per heavy atom. The smallest absolute Gasteiger partial charge is 0.0646 e. The number of hydrogen-bond acceptors (Lipinski definition) is 1. The van der Waals surface area contributed by atoms with Gasteiger partial charge in [-0.2, -0.15) is 0 Å². The normalized spacial score (nSPS) is 26.4. The van der Waals surface area contributed by atoms with Gasteiger partial charge in [0, 0.05) is 5.92 Å². The van der Waals surface area contributed by atoms with E-state index >= 15 is 0 Å². The number of allylic oxidation sites excluding steroid dienone is 1. The quantitative estimate of drug-likeness (QED) is 0.672. The average Bonchev–Trinajstić information content (AvgIpc) is 2.20. The maximum Gasteiger partial charge on any atom is 0.0646 e. The predicted octanol–water partition coefficient (Wildman–Crippen LogP) is 2.79. The van der Waals surface area contributed by atoms with Crippen molar-refractivity contribution in [1.29, 1.82) is 0 Å². The first-order chi connectivity index (χ1) is 6.79. The van der Waals surface area contributed by atoms with Crippen LogP contribution in [-0.2, 0) is 0 Å². The fourth-order valence-electron chi connectivity index (χ4n) is 2.14. The molecule has 1 aliphatic rings. The molecule has 2 rings (SSSR count). The minimum absolute atomic E-state index is 0.207. The second kappa shape index (κ2) is 3.97. The third-order valence-electron chi connectivity index (χ3n) is 2.99. The lowest BCUT2D eigenvalue weighted by atomic mass is 9.83. The van der Waals surface area contributed by atoms with Gasteiger partial charge in [0.1, 0.15) is 0 Å². The van der Waals surface area contributed by atoms with Crippen LogP contribution in [0.15, 0.2) is 36.4 Å². The third-order valence-corrected chi connectivity index (χ3v) is 2.99. The Morgan fingerprint density at radius 1 is 1.14 bits per heavy atom. The SMILES string of the molecule is Cc1ccccc1[C@@H]1CC=CCC1O. The lowest BCUT2D eigenvalue weighted by Gasteiger charge is -2.25. The summed E-state index contributed by atoms with van der Waals surface area (Å²) in [6.07, 6.45) is 5.79. The average molecular weight is 188 g/mol. The van der Waals surface area contributed by atoms with Crippen molar-refractivity contribution in [3.8, 4) is 0 Å². The summed E-state index contributed by atoms with van der Waals surface area (Å²) >= 11 is 0. The van der Waals surface area contributed by atoms with Crippen molar-refractivity contribution in [3.63, 3.8) is 0 Å². The van der Waals surface area contributed by atoms with E-state index in [1.807, 2.05) is 12.1 Å². The first-order valence-corrected chi connectivity index (χ1v) is 5.17. The van der Waals surface area contributed by atoms with Gasteiger partial charge >= 0.3 is 0 Å². The van der Waals surface area contributed by atoms with Crippen LogP contribution in [0.3, 0.4) is 0 Å². The van der Waals surface area contributed by atoms with Crippen molar-refractivity contribution >= 4 is 0 Å². The second-order valence-electron chi connectivity index (χ2n) is 3.97. The number of hydrogen-bond donors (Lipinski definition) is 1. The van der Waals surface area contributed by atoms with Crippen LogP contribution in [0.1, 0.15) is 29.9 Å². The third kappa shape index (κ3) is 1.73. The van der Waals surface area contributed by atoms with Gasteiger partial charge in [-0.05, 0) is 30.9 Å². The van der Waals surface area contributed by atoms with Gasteiger partial charge in [0.15, 0.2) is 0 Å². The molecule has 0 fully saturated rings. The summed E-state index contributed by atoms with van der Waals surface area (Å²) in [5, 5.41) is 9.90. The van der Waals surface area contributed by atoms with E-state index in [2.05, 4.69) is 31.2 Å². The van der Waals surface area contributed by atoms with Gasteiger partial charge in [-0.25, -0.2) is 0 Å². The zero-order valence-electron chi connectivity index (χ0n) is 8.48. The summed E-state index contributed by atoms with van der Waals surface area (Å²) in [6, 6.07) is 8.33. The molecule has 0 bridgehead atoms. The zero-order chi connectivity index (χ0) is 9.97. The standard InChI is InChI=1S/C13H16O/c1-10-6-2-3-7-11(10)12-8-4-5-9-13(12)14/h2-7,12-14H,8-9H2,1H3/t12-,13?/m0/s1.